The van der Waals surface area contributed by atoms with E-state index in [-0.39, 0.29) is 6.04 Å². The quantitative estimate of drug-likeness (QED) is 0.814. The maximum Gasteiger partial charge on any atom is 0.268 e. The second kappa shape index (κ2) is 6.08. The summed E-state index contributed by atoms with van der Waals surface area (Å²) in [5.41, 5.74) is 7.06. The van der Waals surface area contributed by atoms with Gasteiger partial charge < -0.3 is 15.0 Å². The topological polar surface area (TPSA) is 74.2 Å². The van der Waals surface area contributed by atoms with E-state index in [1.54, 1.807) is 11.3 Å². The first kappa shape index (κ1) is 13.2. The van der Waals surface area contributed by atoms with Crippen LogP contribution in [0.25, 0.3) is 10.8 Å². The van der Waals surface area contributed by atoms with E-state index in [4.69, 9.17) is 15.0 Å². The highest BCUT2D eigenvalue weighted by molar-refractivity contribution is 7.13. The Morgan fingerprint density at radius 3 is 3.06 bits per heavy atom. The Morgan fingerprint density at radius 1 is 1.56 bits per heavy atom. The lowest BCUT2D eigenvalue weighted by Crippen LogP contribution is -2.18. The normalized spacial score (nSPS) is 12.8. The van der Waals surface area contributed by atoms with Gasteiger partial charge in [-0.25, -0.2) is 0 Å². The maximum atomic E-state index is 5.93. The van der Waals surface area contributed by atoms with Gasteiger partial charge in [0, 0.05) is 6.61 Å². The van der Waals surface area contributed by atoms with Crippen molar-refractivity contribution in [1.82, 2.24) is 10.1 Å². The molecule has 0 fully saturated rings. The Bertz CT molecular complexity index is 495. The summed E-state index contributed by atoms with van der Waals surface area (Å²) in [4.78, 5) is 5.32. The molecule has 0 aliphatic rings. The van der Waals surface area contributed by atoms with E-state index >= 15 is 0 Å². The first-order valence-corrected chi connectivity index (χ1v) is 6.81. The molecule has 18 heavy (non-hydrogen) atoms. The van der Waals surface area contributed by atoms with Gasteiger partial charge in [0.15, 0.2) is 5.82 Å². The highest BCUT2D eigenvalue weighted by Crippen LogP contribution is 2.27. The van der Waals surface area contributed by atoms with E-state index < -0.39 is 0 Å². The Morgan fingerprint density at radius 2 is 2.39 bits per heavy atom. The van der Waals surface area contributed by atoms with E-state index in [9.17, 15) is 0 Å². The second-order valence-electron chi connectivity index (χ2n) is 4.07. The molecule has 0 aliphatic carbocycles. The molecule has 2 aromatic heterocycles. The van der Waals surface area contributed by atoms with Gasteiger partial charge in [0.05, 0.1) is 17.5 Å². The van der Waals surface area contributed by atoms with Gasteiger partial charge in [-0.15, -0.1) is 11.3 Å². The monoisotopic (exact) mass is 267 g/mol. The summed E-state index contributed by atoms with van der Waals surface area (Å²) in [7, 11) is 0. The van der Waals surface area contributed by atoms with Gasteiger partial charge in [0.2, 0.25) is 0 Å². The van der Waals surface area contributed by atoms with Gasteiger partial charge in [-0.05, 0) is 30.4 Å². The molecule has 0 spiro atoms. The first-order valence-electron chi connectivity index (χ1n) is 5.93. The largest absolute Gasteiger partial charge is 0.379 e. The van der Waals surface area contributed by atoms with Gasteiger partial charge in [-0.2, -0.15) is 4.98 Å². The van der Waals surface area contributed by atoms with Crippen molar-refractivity contribution in [3.8, 4) is 10.8 Å². The molecule has 5 nitrogen and oxygen atoms in total. The zero-order chi connectivity index (χ0) is 13.0. The number of nitrogens with two attached hydrogens (primary N) is 1. The van der Waals surface area contributed by atoms with Gasteiger partial charge in [-0.1, -0.05) is 12.1 Å². The van der Waals surface area contributed by atoms with Crippen molar-refractivity contribution < 1.29 is 9.26 Å². The van der Waals surface area contributed by atoms with Crippen LogP contribution in [0.5, 0.6) is 0 Å². The van der Waals surface area contributed by atoms with Crippen LogP contribution in [0.1, 0.15) is 30.8 Å². The van der Waals surface area contributed by atoms with Crippen molar-refractivity contribution in [2.75, 3.05) is 13.2 Å². The molecule has 2 rings (SSSR count). The molecule has 0 aliphatic heterocycles. The fourth-order valence-corrected chi connectivity index (χ4v) is 2.34. The SMILES string of the molecule is CCCOCC(N)c1noc(-c2sccc2C)n1. The molecule has 6 heteroatoms. The van der Waals surface area contributed by atoms with Gasteiger partial charge in [0.25, 0.3) is 5.89 Å². The Hall–Kier alpha value is -1.24. The maximum absolute atomic E-state index is 5.93. The van der Waals surface area contributed by atoms with Crippen LogP contribution < -0.4 is 5.73 Å². The zero-order valence-electron chi connectivity index (χ0n) is 10.5. The van der Waals surface area contributed by atoms with Gasteiger partial charge >= 0.3 is 0 Å². The zero-order valence-corrected chi connectivity index (χ0v) is 11.4. The number of ether oxygens (including phenoxy) is 1. The number of rotatable bonds is 6. The molecule has 2 N–H and O–H groups in total. The Kier molecular flexibility index (Phi) is 4.46. The molecule has 0 aromatic carbocycles. The molecule has 1 atom stereocenters. The predicted octanol–water partition coefficient (Wildman–Crippen LogP) is 2.53. The van der Waals surface area contributed by atoms with E-state index in [0.29, 0.717) is 24.9 Å². The van der Waals surface area contributed by atoms with Crippen LogP contribution in [0.4, 0.5) is 0 Å². The Balaban J connectivity index is 2.04. The van der Waals surface area contributed by atoms with Gasteiger partial charge in [0.1, 0.15) is 0 Å². The van der Waals surface area contributed by atoms with Crippen LogP contribution in [0.2, 0.25) is 0 Å². The minimum atomic E-state index is -0.339. The van der Waals surface area contributed by atoms with E-state index in [0.717, 1.165) is 16.9 Å². The average molecular weight is 267 g/mol. The molecular formula is C12H17N3O2S. The minimum Gasteiger partial charge on any atom is -0.379 e. The van der Waals surface area contributed by atoms with Crippen LogP contribution in [0.3, 0.4) is 0 Å². The van der Waals surface area contributed by atoms with Gasteiger partial charge in [-0.3, -0.25) is 0 Å². The molecule has 98 valence electrons. The van der Waals surface area contributed by atoms with Crippen molar-refractivity contribution in [3.63, 3.8) is 0 Å². The summed E-state index contributed by atoms with van der Waals surface area (Å²) in [6.45, 7) is 5.18. The number of hydrogen-bond donors (Lipinski definition) is 1. The number of thiophene rings is 1. The molecule has 1 unspecified atom stereocenters. The molecular weight excluding hydrogens is 250 g/mol. The van der Waals surface area contributed by atoms with Crippen LogP contribution in [-0.2, 0) is 4.74 Å². The average Bonchev–Trinajstić information content (AvgIpc) is 2.97. The summed E-state index contributed by atoms with van der Waals surface area (Å²) in [5.74, 6) is 1.03. The smallest absolute Gasteiger partial charge is 0.268 e. The molecule has 0 saturated heterocycles. The highest BCUT2D eigenvalue weighted by Gasteiger charge is 2.17. The number of hydrogen-bond acceptors (Lipinski definition) is 6. The lowest BCUT2D eigenvalue weighted by Gasteiger charge is -2.06. The van der Waals surface area contributed by atoms with Crippen molar-refractivity contribution in [3.05, 3.63) is 22.8 Å². The number of nitrogens with zero attached hydrogens (tertiary/aromatic N) is 2. The van der Waals surface area contributed by atoms with Crippen molar-refractivity contribution in [2.24, 2.45) is 5.73 Å². The molecule has 0 saturated carbocycles. The molecule has 2 heterocycles. The second-order valence-corrected chi connectivity index (χ2v) is 4.99. The summed E-state index contributed by atoms with van der Waals surface area (Å²) in [6, 6.07) is 1.68. The van der Waals surface area contributed by atoms with E-state index in [1.807, 2.05) is 18.4 Å². The van der Waals surface area contributed by atoms with E-state index in [1.165, 1.54) is 0 Å². The fraction of sp³-hybridized carbons (Fsp3) is 0.500. The molecule has 0 bridgehead atoms. The molecule has 0 amide bonds. The fourth-order valence-electron chi connectivity index (χ4n) is 1.50. The standard InChI is InChI=1S/C12H17N3O2S/c1-3-5-16-7-9(13)11-14-12(17-15-11)10-8(2)4-6-18-10/h4,6,9H,3,5,7,13H2,1-2H3. The first-order chi connectivity index (χ1) is 8.72. The van der Waals surface area contributed by atoms with Crippen LogP contribution in [0, 0.1) is 6.92 Å². The van der Waals surface area contributed by atoms with Crippen molar-refractivity contribution in [2.45, 2.75) is 26.3 Å². The summed E-state index contributed by atoms with van der Waals surface area (Å²) in [5, 5.41) is 5.91. The van der Waals surface area contributed by atoms with Crippen molar-refractivity contribution >= 4 is 11.3 Å². The van der Waals surface area contributed by atoms with E-state index in [2.05, 4.69) is 17.1 Å². The number of aryl methyl sites for hydroxylation is 1. The highest BCUT2D eigenvalue weighted by atomic mass is 32.1. The van der Waals surface area contributed by atoms with Crippen LogP contribution >= 0.6 is 11.3 Å². The third-order valence-electron chi connectivity index (χ3n) is 2.48. The summed E-state index contributed by atoms with van der Waals surface area (Å²) >= 11 is 1.58. The molecule has 0 radical (unpaired) electrons. The lowest BCUT2D eigenvalue weighted by atomic mass is 10.3. The molecule has 2 aromatic rings. The lowest BCUT2D eigenvalue weighted by molar-refractivity contribution is 0.119. The van der Waals surface area contributed by atoms with Crippen LogP contribution in [0.15, 0.2) is 16.0 Å². The summed E-state index contributed by atoms with van der Waals surface area (Å²) in [6.07, 6.45) is 0.971. The van der Waals surface area contributed by atoms with Crippen LogP contribution in [-0.4, -0.2) is 23.4 Å². The minimum absolute atomic E-state index is 0.339. The summed E-state index contributed by atoms with van der Waals surface area (Å²) < 4.78 is 10.6. The third kappa shape index (κ3) is 2.95. The van der Waals surface area contributed by atoms with Crippen molar-refractivity contribution in [1.29, 1.82) is 0 Å². The third-order valence-corrected chi connectivity index (χ3v) is 3.48. The Labute approximate surface area is 110 Å². The number of aromatic nitrogens is 2. The predicted molar refractivity (Wildman–Crippen MR) is 70.4 cm³/mol.